The summed E-state index contributed by atoms with van der Waals surface area (Å²) in [4.78, 5) is 11.9. The SMILES string of the molecule is CNCc1ccc(-n2cnc(-c3nc(NC4CCN(SC)CC4)ncc3C(F)(F)F)c2)c(C(F)(F)F)c1. The molecule has 0 spiro atoms. The van der Waals surface area contributed by atoms with Crippen LogP contribution in [0.25, 0.3) is 17.1 Å². The number of piperidine rings is 1. The third-order valence-corrected chi connectivity index (χ3v) is 6.87. The molecular weight excluding hydrogens is 520 g/mol. The minimum Gasteiger partial charge on any atom is -0.351 e. The lowest BCUT2D eigenvalue weighted by Crippen LogP contribution is -2.35. The van der Waals surface area contributed by atoms with Crippen LogP contribution in [0, 0.1) is 0 Å². The summed E-state index contributed by atoms with van der Waals surface area (Å²) < 4.78 is 85.9. The largest absolute Gasteiger partial charge is 0.420 e. The lowest BCUT2D eigenvalue weighted by Gasteiger charge is -2.30. The molecule has 0 saturated carbocycles. The summed E-state index contributed by atoms with van der Waals surface area (Å²) in [5.74, 6) is 0.00699. The van der Waals surface area contributed by atoms with Gasteiger partial charge in [0.2, 0.25) is 5.95 Å². The summed E-state index contributed by atoms with van der Waals surface area (Å²) in [6.07, 6.45) is -3.13. The predicted octanol–water partition coefficient (Wildman–Crippen LogP) is 5.24. The van der Waals surface area contributed by atoms with Crippen LogP contribution in [0.2, 0.25) is 0 Å². The van der Waals surface area contributed by atoms with Gasteiger partial charge >= 0.3 is 12.4 Å². The van der Waals surface area contributed by atoms with Gasteiger partial charge in [-0.3, -0.25) is 4.31 Å². The number of rotatable bonds is 7. The number of nitrogens with zero attached hydrogens (tertiary/aromatic N) is 5. The van der Waals surface area contributed by atoms with Gasteiger partial charge in [-0.15, -0.1) is 0 Å². The summed E-state index contributed by atoms with van der Waals surface area (Å²) in [6, 6.07) is 3.76. The molecule has 2 N–H and O–H groups in total. The smallest absolute Gasteiger partial charge is 0.351 e. The normalized spacial score (nSPS) is 15.8. The molecule has 1 fully saturated rings. The topological polar surface area (TPSA) is 70.9 Å². The molecule has 0 unspecified atom stereocenters. The van der Waals surface area contributed by atoms with Crippen LogP contribution in [0.4, 0.5) is 32.3 Å². The van der Waals surface area contributed by atoms with Crippen molar-refractivity contribution in [1.29, 1.82) is 0 Å². The second kappa shape index (κ2) is 10.9. The van der Waals surface area contributed by atoms with E-state index in [1.807, 2.05) is 6.26 Å². The van der Waals surface area contributed by atoms with E-state index in [4.69, 9.17) is 0 Å². The Kier molecular flexibility index (Phi) is 7.99. The molecule has 0 amide bonds. The first kappa shape index (κ1) is 27.2. The number of aromatic nitrogens is 4. The fraction of sp³-hybridized carbons (Fsp3) is 0.435. The van der Waals surface area contributed by atoms with Gasteiger partial charge in [0.05, 0.1) is 17.6 Å². The first-order valence-corrected chi connectivity index (χ1v) is 12.6. The summed E-state index contributed by atoms with van der Waals surface area (Å²) in [6.45, 7) is 1.84. The highest BCUT2D eigenvalue weighted by Crippen LogP contribution is 2.38. The molecular formula is C23H25F6N7S. The van der Waals surface area contributed by atoms with Crippen molar-refractivity contribution in [1.82, 2.24) is 29.1 Å². The average Bonchev–Trinajstić information content (AvgIpc) is 3.34. The van der Waals surface area contributed by atoms with Crippen molar-refractivity contribution in [2.75, 3.05) is 31.7 Å². The average molecular weight is 546 g/mol. The molecule has 1 saturated heterocycles. The third kappa shape index (κ3) is 6.36. The van der Waals surface area contributed by atoms with Crippen LogP contribution in [0.5, 0.6) is 0 Å². The Balaban J connectivity index is 1.69. The van der Waals surface area contributed by atoms with Crippen molar-refractivity contribution in [2.45, 2.75) is 37.8 Å². The summed E-state index contributed by atoms with van der Waals surface area (Å²) in [5, 5.41) is 5.88. The Bertz CT molecular complexity index is 1220. The Hall–Kier alpha value is -2.84. The Morgan fingerprint density at radius 1 is 1.03 bits per heavy atom. The molecule has 7 nitrogen and oxygen atoms in total. The van der Waals surface area contributed by atoms with Gasteiger partial charge in [-0.25, -0.2) is 15.0 Å². The lowest BCUT2D eigenvalue weighted by molar-refractivity contribution is -0.138. The van der Waals surface area contributed by atoms with Gasteiger partial charge in [0.15, 0.2) is 0 Å². The Morgan fingerprint density at radius 3 is 2.35 bits per heavy atom. The molecule has 37 heavy (non-hydrogen) atoms. The van der Waals surface area contributed by atoms with E-state index in [9.17, 15) is 26.3 Å². The molecule has 14 heteroatoms. The minimum atomic E-state index is -4.78. The predicted molar refractivity (Wildman–Crippen MR) is 129 cm³/mol. The molecule has 2 aromatic heterocycles. The molecule has 3 heterocycles. The maximum atomic E-state index is 13.8. The van der Waals surface area contributed by atoms with Gasteiger partial charge in [-0.1, -0.05) is 18.0 Å². The lowest BCUT2D eigenvalue weighted by atomic mass is 10.1. The summed E-state index contributed by atoms with van der Waals surface area (Å²) in [5.41, 5.74) is -2.63. The van der Waals surface area contributed by atoms with E-state index in [0.29, 0.717) is 11.8 Å². The zero-order chi connectivity index (χ0) is 26.8. The Labute approximate surface area is 213 Å². The number of hydrogen-bond acceptors (Lipinski definition) is 7. The van der Waals surface area contributed by atoms with Crippen LogP contribution in [0.3, 0.4) is 0 Å². The highest BCUT2D eigenvalue weighted by Gasteiger charge is 2.37. The maximum absolute atomic E-state index is 13.8. The molecule has 0 bridgehead atoms. The van der Waals surface area contributed by atoms with Crippen LogP contribution in [0.1, 0.15) is 29.5 Å². The van der Waals surface area contributed by atoms with Gasteiger partial charge in [-0.2, -0.15) is 26.3 Å². The van der Waals surface area contributed by atoms with Gasteiger partial charge in [0, 0.05) is 38.1 Å². The molecule has 4 rings (SSSR count). The van der Waals surface area contributed by atoms with Crippen molar-refractivity contribution < 1.29 is 26.3 Å². The summed E-state index contributed by atoms with van der Waals surface area (Å²) >= 11 is 1.63. The van der Waals surface area contributed by atoms with E-state index in [1.54, 1.807) is 19.0 Å². The molecule has 1 aliphatic heterocycles. The van der Waals surface area contributed by atoms with Crippen LogP contribution >= 0.6 is 11.9 Å². The number of alkyl halides is 6. The van der Waals surface area contributed by atoms with Crippen molar-refractivity contribution in [2.24, 2.45) is 0 Å². The van der Waals surface area contributed by atoms with Crippen molar-refractivity contribution in [3.8, 4) is 17.1 Å². The third-order valence-electron chi connectivity index (χ3n) is 5.99. The summed E-state index contributed by atoms with van der Waals surface area (Å²) in [7, 11) is 1.61. The highest BCUT2D eigenvalue weighted by atomic mass is 32.2. The van der Waals surface area contributed by atoms with Crippen molar-refractivity contribution in [3.63, 3.8) is 0 Å². The number of imidazole rings is 1. The quantitative estimate of drug-likeness (QED) is 0.311. The van der Waals surface area contributed by atoms with Crippen LogP contribution in [-0.4, -0.2) is 56.3 Å². The number of halogens is 6. The zero-order valence-corrected chi connectivity index (χ0v) is 20.8. The van der Waals surface area contributed by atoms with E-state index in [1.165, 1.54) is 12.1 Å². The zero-order valence-electron chi connectivity index (χ0n) is 20.0. The van der Waals surface area contributed by atoms with Crippen LogP contribution < -0.4 is 10.6 Å². The van der Waals surface area contributed by atoms with Crippen LogP contribution in [0.15, 0.2) is 36.9 Å². The highest BCUT2D eigenvalue weighted by molar-refractivity contribution is 7.96. The molecule has 3 aromatic rings. The first-order chi connectivity index (χ1) is 17.5. The van der Waals surface area contributed by atoms with E-state index < -0.39 is 29.2 Å². The Morgan fingerprint density at radius 2 is 1.73 bits per heavy atom. The fourth-order valence-corrected chi connectivity index (χ4v) is 4.72. The number of hydrogen-bond donors (Lipinski definition) is 2. The van der Waals surface area contributed by atoms with Gasteiger partial charge in [0.1, 0.15) is 17.0 Å². The first-order valence-electron chi connectivity index (χ1n) is 11.4. The molecule has 200 valence electrons. The molecule has 0 radical (unpaired) electrons. The van der Waals surface area contributed by atoms with Crippen molar-refractivity contribution in [3.05, 3.63) is 53.6 Å². The van der Waals surface area contributed by atoms with Crippen LogP contribution in [-0.2, 0) is 18.9 Å². The van der Waals surface area contributed by atoms with Gasteiger partial charge in [0.25, 0.3) is 0 Å². The molecule has 0 aliphatic carbocycles. The second-order valence-electron chi connectivity index (χ2n) is 8.53. The van der Waals surface area contributed by atoms with Gasteiger partial charge < -0.3 is 15.2 Å². The standard InChI is InChI=1S/C23H25F6N7S/c1-30-10-14-3-4-19(16(9-14)22(24,25)26)35-12-18(32-13-35)20-17(23(27,28)29)11-31-21(34-20)33-15-5-7-36(37-2)8-6-15/h3-4,9,11-13,15,30H,5-8,10H2,1-2H3,(H,31,33,34). The number of anilines is 1. The number of benzene rings is 1. The maximum Gasteiger partial charge on any atom is 0.420 e. The molecule has 0 atom stereocenters. The monoisotopic (exact) mass is 545 g/mol. The van der Waals surface area contributed by atoms with E-state index in [-0.39, 0.29) is 29.9 Å². The molecule has 1 aliphatic rings. The van der Waals surface area contributed by atoms with Gasteiger partial charge in [-0.05, 0) is 43.8 Å². The van der Waals surface area contributed by atoms with E-state index in [0.717, 1.165) is 49.1 Å². The van der Waals surface area contributed by atoms with Crippen molar-refractivity contribution >= 4 is 17.9 Å². The van der Waals surface area contributed by atoms with E-state index >= 15 is 0 Å². The fourth-order valence-electron chi connectivity index (χ4n) is 4.15. The van der Waals surface area contributed by atoms with E-state index in [2.05, 4.69) is 29.9 Å². The minimum absolute atomic E-state index is 0.00699. The molecule has 1 aromatic carbocycles. The number of nitrogens with one attached hydrogen (secondary N) is 2. The second-order valence-corrected chi connectivity index (χ2v) is 9.41.